The van der Waals surface area contributed by atoms with Gasteiger partial charge in [0.05, 0.1) is 47.3 Å². The Morgan fingerprint density at radius 2 is 1.55 bits per heavy atom. The summed E-state index contributed by atoms with van der Waals surface area (Å²) in [5, 5.41) is 58.4. The molecule has 3 rings (SSSR count). The molecule has 314 valence electrons. The third kappa shape index (κ3) is 11.0. The van der Waals surface area contributed by atoms with Crippen LogP contribution in [-0.2, 0) is 28.5 Å². The summed E-state index contributed by atoms with van der Waals surface area (Å²) >= 11 is 0. The Bertz CT molecular complexity index is 1140. The van der Waals surface area contributed by atoms with Gasteiger partial charge in [0, 0.05) is 50.4 Å². The number of likely N-dealkylation sites (N-methyl/N-ethyl adjacent to an activating group) is 2. The minimum absolute atomic E-state index is 0. The molecule has 3 aliphatic rings. The van der Waals surface area contributed by atoms with E-state index >= 15 is 0 Å². The average molecular weight is 765 g/mol. The van der Waals surface area contributed by atoms with Crippen LogP contribution in [0.3, 0.4) is 0 Å². The summed E-state index contributed by atoms with van der Waals surface area (Å²) in [5.41, 5.74) is -4.08. The van der Waals surface area contributed by atoms with Crippen LogP contribution in [0.4, 0.5) is 0 Å². The third-order valence-corrected chi connectivity index (χ3v) is 12.8. The van der Waals surface area contributed by atoms with E-state index in [1.165, 1.54) is 7.11 Å². The number of ketones is 1. The number of ether oxygens (including phenoxy) is 5. The maximum absolute atomic E-state index is 14.4. The zero-order valence-electron chi connectivity index (χ0n) is 35.0. The summed E-state index contributed by atoms with van der Waals surface area (Å²) < 4.78 is 31.7. The van der Waals surface area contributed by atoms with Crippen molar-refractivity contribution in [1.82, 2.24) is 9.80 Å². The van der Waals surface area contributed by atoms with Gasteiger partial charge in [-0.05, 0) is 87.4 Å². The van der Waals surface area contributed by atoms with Crippen molar-refractivity contribution in [2.45, 2.75) is 186 Å². The molecule has 8 unspecified atom stereocenters. The van der Waals surface area contributed by atoms with E-state index in [-0.39, 0.29) is 48.6 Å². The average Bonchev–Trinajstić information content (AvgIpc) is 3.05. The number of hydrogen-bond acceptors (Lipinski definition) is 13. The molecule has 7 N–H and O–H groups in total. The van der Waals surface area contributed by atoms with Crippen molar-refractivity contribution in [2.24, 2.45) is 23.7 Å². The molecule has 3 heterocycles. The second-order valence-corrected chi connectivity index (χ2v) is 17.6. The van der Waals surface area contributed by atoms with Gasteiger partial charge in [0.25, 0.3) is 0 Å². The van der Waals surface area contributed by atoms with Crippen molar-refractivity contribution in [3.05, 3.63) is 0 Å². The zero-order chi connectivity index (χ0) is 39.7. The predicted octanol–water partition coefficient (Wildman–Crippen LogP) is 1.74. The smallest absolute Gasteiger partial charge is 0.185 e. The minimum Gasteiger partial charge on any atom is -0.412 e. The zero-order valence-corrected chi connectivity index (χ0v) is 35.0. The molecule has 14 heteroatoms. The lowest BCUT2D eigenvalue weighted by Gasteiger charge is -2.49. The van der Waals surface area contributed by atoms with E-state index in [4.69, 9.17) is 23.7 Å². The van der Waals surface area contributed by atoms with E-state index < -0.39 is 89.8 Å². The molecule has 0 aromatic rings. The molecule has 3 aliphatic heterocycles. The molecular weight excluding hydrogens is 688 g/mol. The third-order valence-electron chi connectivity index (χ3n) is 12.8. The summed E-state index contributed by atoms with van der Waals surface area (Å²) in [6, 6.07) is -0.708. The van der Waals surface area contributed by atoms with Gasteiger partial charge in [-0.15, -0.1) is 0 Å². The van der Waals surface area contributed by atoms with E-state index in [0.29, 0.717) is 19.4 Å². The molecule has 3 fully saturated rings. The summed E-state index contributed by atoms with van der Waals surface area (Å²) in [7, 11) is 7.21. The molecule has 0 spiro atoms. The van der Waals surface area contributed by atoms with Crippen molar-refractivity contribution in [1.29, 1.82) is 0 Å². The van der Waals surface area contributed by atoms with Gasteiger partial charge in [-0.25, -0.2) is 0 Å². The fourth-order valence-electron chi connectivity index (χ4n) is 9.17. The molecule has 3 saturated heterocycles. The van der Waals surface area contributed by atoms with Gasteiger partial charge < -0.3 is 64.5 Å². The van der Waals surface area contributed by atoms with Crippen LogP contribution in [0.5, 0.6) is 0 Å². The van der Waals surface area contributed by atoms with E-state index in [9.17, 15) is 30.3 Å². The van der Waals surface area contributed by atoms with Gasteiger partial charge in [-0.2, -0.15) is 0 Å². The number of hydrogen-bond donors (Lipinski definition) is 5. The molecule has 0 aromatic heterocycles. The molecule has 0 saturated carbocycles. The lowest BCUT2D eigenvalue weighted by Crippen LogP contribution is -2.60. The highest BCUT2D eigenvalue weighted by Crippen LogP contribution is 2.41. The minimum atomic E-state index is -1.58. The predicted molar refractivity (Wildman–Crippen MR) is 201 cm³/mol. The highest BCUT2D eigenvalue weighted by molar-refractivity contribution is 5.81. The highest BCUT2D eigenvalue weighted by Gasteiger charge is 2.52. The number of aliphatic hydroxyl groups is 5. The first-order chi connectivity index (χ1) is 23.9. The Hall–Kier alpha value is -0.850. The first kappa shape index (κ1) is 48.3. The summed E-state index contributed by atoms with van der Waals surface area (Å²) in [6.07, 6.45) is -6.35. The lowest BCUT2D eigenvalue weighted by atomic mass is 9.74. The molecule has 0 aromatic carbocycles. The van der Waals surface area contributed by atoms with Crippen LogP contribution in [0, 0.1) is 23.7 Å². The quantitative estimate of drug-likeness (QED) is 0.251. The van der Waals surface area contributed by atoms with E-state index in [2.05, 4.69) is 0 Å². The van der Waals surface area contributed by atoms with Crippen LogP contribution < -0.4 is 0 Å². The maximum Gasteiger partial charge on any atom is 0.185 e. The molecule has 0 aliphatic carbocycles. The van der Waals surface area contributed by atoms with Crippen LogP contribution >= 0.6 is 0 Å². The monoisotopic (exact) mass is 765 g/mol. The van der Waals surface area contributed by atoms with Crippen molar-refractivity contribution in [3.8, 4) is 0 Å². The number of Topliss-reactive ketones (excluding diaryl/α,β-unsaturated/α-hetero) is 1. The standard InChI is InChI=1S/C39H74N2O11.H2O/c1-15-27-17-29(42)23(4)32(51-30-19-38(9,48-14)34(45)26(7)50-30)24(5)35(52-36-31(43)28(40(11)12)16-22(3)49-36)37(8,46)18-21(2)20-41(13)25(6)33(44)39(27,10)47;/h21-28,30-36,43-47H,15-20H2,1-14H3;1H2/t21-,22?,23+,24+,25-,26?,27+,28?,30?,31?,32-,33-,34?,35-,36?,37-,38?,39-;/m1./s1. The maximum atomic E-state index is 14.4. The Morgan fingerprint density at radius 1 is 0.943 bits per heavy atom. The van der Waals surface area contributed by atoms with Gasteiger partial charge in [-0.3, -0.25) is 4.79 Å². The van der Waals surface area contributed by atoms with Gasteiger partial charge in [0.15, 0.2) is 12.6 Å². The van der Waals surface area contributed by atoms with E-state index in [0.717, 1.165) is 0 Å². The second kappa shape index (κ2) is 19.1. The highest BCUT2D eigenvalue weighted by atomic mass is 16.7. The van der Waals surface area contributed by atoms with Crippen molar-refractivity contribution in [2.75, 3.05) is 34.8 Å². The summed E-state index contributed by atoms with van der Waals surface area (Å²) in [4.78, 5) is 18.3. The molecule has 0 bridgehead atoms. The van der Waals surface area contributed by atoms with Gasteiger partial charge in [0.2, 0.25) is 0 Å². The number of carbonyl (C=O) groups excluding carboxylic acids is 1. The van der Waals surface area contributed by atoms with Gasteiger partial charge in [-0.1, -0.05) is 34.1 Å². The second-order valence-electron chi connectivity index (χ2n) is 17.6. The fourth-order valence-corrected chi connectivity index (χ4v) is 9.17. The Kier molecular flexibility index (Phi) is 17.4. The molecular formula is C39H76N2O12. The van der Waals surface area contributed by atoms with Crippen LogP contribution in [0.1, 0.15) is 101 Å². The Morgan fingerprint density at radius 3 is 2.09 bits per heavy atom. The van der Waals surface area contributed by atoms with Crippen LogP contribution in [0.2, 0.25) is 0 Å². The number of aliphatic hydroxyl groups excluding tert-OH is 3. The molecule has 14 nitrogen and oxygen atoms in total. The Labute approximate surface area is 318 Å². The fraction of sp³-hybridized carbons (Fsp3) is 0.974. The summed E-state index contributed by atoms with van der Waals surface area (Å²) in [5.74, 6) is -2.31. The first-order valence-electron chi connectivity index (χ1n) is 19.5. The van der Waals surface area contributed by atoms with Crippen molar-refractivity contribution >= 4 is 5.78 Å². The largest absolute Gasteiger partial charge is 0.412 e. The van der Waals surface area contributed by atoms with Crippen molar-refractivity contribution < 1.29 is 59.5 Å². The molecule has 0 amide bonds. The number of methoxy groups -OCH3 is 1. The SMILES string of the molecule is CC[C@H]1CC(=O)[C@H](C)[C@@H](OC2CC(C)(OC)C(O)C(C)O2)[C@H](C)[C@@H](OC2OC(C)CC(N(C)C)C2O)[C@](C)(O)C[C@@H](C)CN(C)[C@H](C)[C@@H](O)[C@]1(C)O.O. The number of carbonyl (C=O) groups is 1. The van der Waals surface area contributed by atoms with Crippen molar-refractivity contribution in [3.63, 3.8) is 0 Å². The normalized spacial score (nSPS) is 48.8. The van der Waals surface area contributed by atoms with Crippen LogP contribution in [0.15, 0.2) is 0 Å². The van der Waals surface area contributed by atoms with E-state index in [1.807, 2.05) is 65.6 Å². The number of rotatable bonds is 7. The van der Waals surface area contributed by atoms with Crippen LogP contribution in [-0.4, -0.2) is 166 Å². The van der Waals surface area contributed by atoms with Gasteiger partial charge in [0.1, 0.15) is 18.0 Å². The van der Waals surface area contributed by atoms with Gasteiger partial charge >= 0.3 is 0 Å². The van der Waals surface area contributed by atoms with Crippen LogP contribution in [0.25, 0.3) is 0 Å². The van der Waals surface area contributed by atoms with E-state index in [1.54, 1.807) is 34.6 Å². The topological polar surface area (TPSA) is 202 Å². The molecule has 0 radical (unpaired) electrons. The molecule has 18 atom stereocenters. The Balaban J connectivity index is 0.00000972. The first-order valence-corrected chi connectivity index (χ1v) is 19.5. The summed E-state index contributed by atoms with van der Waals surface area (Å²) in [6.45, 7) is 18.7. The molecule has 53 heavy (non-hydrogen) atoms. The number of nitrogens with zero attached hydrogens (tertiary/aromatic N) is 2. The lowest BCUT2D eigenvalue weighted by molar-refractivity contribution is -0.317.